The van der Waals surface area contributed by atoms with E-state index >= 15 is 0 Å². The summed E-state index contributed by atoms with van der Waals surface area (Å²) in [7, 11) is 1.90. The fraction of sp³-hybridized carbons (Fsp3) is 0.500. The smallest absolute Gasteiger partial charge is 0.0701 e. The second-order valence-corrected chi connectivity index (χ2v) is 1.75. The highest BCUT2D eigenvalue weighted by Crippen LogP contribution is 1.91. The van der Waals surface area contributed by atoms with Crippen LogP contribution in [0.1, 0.15) is 12.6 Å². The Balaban J connectivity index is 2.84. The highest BCUT2D eigenvalue weighted by Gasteiger charge is 1.89. The molecular weight excluding hydrogens is 100 g/mol. The molecule has 2 heteroatoms. The Kier molecular flexibility index (Phi) is 1.33. The first kappa shape index (κ1) is 5.35. The van der Waals surface area contributed by atoms with Crippen molar-refractivity contribution in [1.29, 1.82) is 0 Å². The van der Waals surface area contributed by atoms with Gasteiger partial charge in [0, 0.05) is 19.3 Å². The van der Waals surface area contributed by atoms with E-state index in [-0.39, 0.29) is 0 Å². The summed E-state index contributed by atoms with van der Waals surface area (Å²) in [6.07, 6.45) is 2.81. The van der Waals surface area contributed by atoms with Gasteiger partial charge < -0.3 is 0 Å². The van der Waals surface area contributed by atoms with Crippen LogP contribution < -0.4 is 0 Å². The molecule has 0 saturated heterocycles. The van der Waals surface area contributed by atoms with E-state index in [1.165, 1.54) is 0 Å². The van der Waals surface area contributed by atoms with Crippen LogP contribution in [-0.2, 0) is 13.5 Å². The van der Waals surface area contributed by atoms with E-state index in [4.69, 9.17) is 0 Å². The van der Waals surface area contributed by atoms with Crippen molar-refractivity contribution in [1.82, 2.24) is 9.78 Å². The lowest BCUT2D eigenvalue weighted by Crippen LogP contribution is -1.88. The van der Waals surface area contributed by atoms with Gasteiger partial charge in [0.25, 0.3) is 0 Å². The molecule has 1 rings (SSSR count). The van der Waals surface area contributed by atoms with Crippen molar-refractivity contribution in [3.05, 3.63) is 18.0 Å². The normalized spacial score (nSPS) is 9.75. The van der Waals surface area contributed by atoms with E-state index in [9.17, 15) is 0 Å². The molecule has 2 nitrogen and oxygen atoms in total. The summed E-state index contributed by atoms with van der Waals surface area (Å²) in [5.41, 5.74) is 1.03. The first-order valence-electron chi connectivity index (χ1n) is 2.73. The summed E-state index contributed by atoms with van der Waals surface area (Å²) in [6, 6.07) is 3.01. The largest absolute Gasteiger partial charge is 0.275 e. The van der Waals surface area contributed by atoms with Gasteiger partial charge >= 0.3 is 0 Å². The lowest BCUT2D eigenvalue weighted by molar-refractivity contribution is 0.746. The number of hydrogen-bond acceptors (Lipinski definition) is 1. The fourth-order valence-electron chi connectivity index (χ4n) is 0.589. The number of hydrogen-bond donors (Lipinski definition) is 0. The number of aryl methyl sites for hydroxylation is 2. The van der Waals surface area contributed by atoms with E-state index < -0.39 is 0 Å². The first-order valence-corrected chi connectivity index (χ1v) is 2.73. The Morgan fingerprint density at radius 1 is 1.88 bits per heavy atom. The minimum absolute atomic E-state index is 0.973. The third-order valence-corrected chi connectivity index (χ3v) is 1.03. The summed E-state index contributed by atoms with van der Waals surface area (Å²) >= 11 is 0. The number of nitrogens with zero attached hydrogens (tertiary/aromatic N) is 2. The molecule has 0 N–H and O–H groups in total. The van der Waals surface area contributed by atoms with Crippen molar-refractivity contribution < 1.29 is 0 Å². The average Bonchev–Trinajstić information content (AvgIpc) is 2.14. The van der Waals surface area contributed by atoms with Crippen LogP contribution in [0.3, 0.4) is 0 Å². The monoisotopic (exact) mass is 109 g/mol. The molecule has 1 aromatic heterocycles. The quantitative estimate of drug-likeness (QED) is 0.521. The zero-order valence-electron chi connectivity index (χ0n) is 5.18. The lowest BCUT2D eigenvalue weighted by Gasteiger charge is -1.83. The summed E-state index contributed by atoms with van der Waals surface area (Å²) in [5.74, 6) is 0. The van der Waals surface area contributed by atoms with Gasteiger partial charge in [-0.2, -0.15) is 5.10 Å². The molecule has 0 aromatic carbocycles. The minimum atomic E-state index is 0.973. The summed E-state index contributed by atoms with van der Waals surface area (Å²) in [5, 5.41) is 4.09. The van der Waals surface area contributed by atoms with Gasteiger partial charge in [0.2, 0.25) is 0 Å². The van der Waals surface area contributed by atoms with Gasteiger partial charge in [0.15, 0.2) is 0 Å². The highest BCUT2D eigenvalue weighted by molar-refractivity contribution is 4.94. The Labute approximate surface area is 49.1 Å². The van der Waals surface area contributed by atoms with Crippen LogP contribution in [0.15, 0.2) is 6.20 Å². The molecule has 0 amide bonds. The Morgan fingerprint density at radius 2 is 2.62 bits per heavy atom. The minimum Gasteiger partial charge on any atom is -0.275 e. The predicted molar refractivity (Wildman–Crippen MR) is 31.4 cm³/mol. The van der Waals surface area contributed by atoms with Crippen LogP contribution in [0.5, 0.6) is 0 Å². The van der Waals surface area contributed by atoms with E-state index in [1.807, 2.05) is 13.2 Å². The van der Waals surface area contributed by atoms with Crippen LogP contribution in [-0.4, -0.2) is 9.78 Å². The molecular formula is C6H9N2. The Bertz CT molecular complexity index is 167. The standard InChI is InChI=1S/C6H9N2/c1-3-6-4-5-8(2)7-6/h5H,3H2,1-2H3. The van der Waals surface area contributed by atoms with E-state index in [0.29, 0.717) is 0 Å². The Morgan fingerprint density at radius 3 is 2.88 bits per heavy atom. The SMILES string of the molecule is CCc1[c]cn(C)n1. The molecule has 0 aliphatic rings. The molecule has 0 bridgehead atoms. The van der Waals surface area contributed by atoms with Gasteiger partial charge in [0.1, 0.15) is 0 Å². The summed E-state index contributed by atoms with van der Waals surface area (Å²) in [4.78, 5) is 0. The summed E-state index contributed by atoms with van der Waals surface area (Å²) < 4.78 is 1.76. The van der Waals surface area contributed by atoms with Crippen molar-refractivity contribution in [2.45, 2.75) is 13.3 Å². The molecule has 0 unspecified atom stereocenters. The van der Waals surface area contributed by atoms with Gasteiger partial charge in [0.05, 0.1) is 5.69 Å². The second-order valence-electron chi connectivity index (χ2n) is 1.75. The molecule has 0 saturated carbocycles. The van der Waals surface area contributed by atoms with Gasteiger partial charge in [-0.3, -0.25) is 4.68 Å². The van der Waals surface area contributed by atoms with Gasteiger partial charge in [-0.1, -0.05) is 6.92 Å². The maximum Gasteiger partial charge on any atom is 0.0701 e. The predicted octanol–water partition coefficient (Wildman–Crippen LogP) is 0.783. The van der Waals surface area contributed by atoms with Crippen molar-refractivity contribution in [3.8, 4) is 0 Å². The first-order chi connectivity index (χ1) is 3.83. The van der Waals surface area contributed by atoms with Gasteiger partial charge in [-0.25, -0.2) is 0 Å². The molecule has 1 aromatic rings. The Hall–Kier alpha value is -0.790. The molecule has 0 fully saturated rings. The van der Waals surface area contributed by atoms with Crippen molar-refractivity contribution in [2.24, 2.45) is 7.05 Å². The number of aromatic nitrogens is 2. The van der Waals surface area contributed by atoms with Crippen LogP contribution in [0, 0.1) is 6.07 Å². The fourth-order valence-corrected chi connectivity index (χ4v) is 0.589. The highest BCUT2D eigenvalue weighted by atomic mass is 15.2. The van der Waals surface area contributed by atoms with Crippen molar-refractivity contribution in [3.63, 3.8) is 0 Å². The van der Waals surface area contributed by atoms with Crippen LogP contribution in [0.25, 0.3) is 0 Å². The van der Waals surface area contributed by atoms with Crippen LogP contribution in [0.2, 0.25) is 0 Å². The van der Waals surface area contributed by atoms with Crippen molar-refractivity contribution in [2.75, 3.05) is 0 Å². The second kappa shape index (κ2) is 1.99. The maximum absolute atomic E-state index is 4.09. The molecule has 0 spiro atoms. The molecule has 1 heterocycles. The van der Waals surface area contributed by atoms with Crippen molar-refractivity contribution >= 4 is 0 Å². The third-order valence-electron chi connectivity index (χ3n) is 1.03. The molecule has 0 atom stereocenters. The molecule has 8 heavy (non-hydrogen) atoms. The van der Waals surface area contributed by atoms with E-state index in [1.54, 1.807) is 4.68 Å². The third kappa shape index (κ3) is 0.886. The zero-order valence-corrected chi connectivity index (χ0v) is 5.18. The van der Waals surface area contributed by atoms with Crippen LogP contribution in [0.4, 0.5) is 0 Å². The average molecular weight is 109 g/mol. The lowest BCUT2D eigenvalue weighted by atomic mass is 10.4. The van der Waals surface area contributed by atoms with Gasteiger partial charge in [-0.15, -0.1) is 0 Å². The van der Waals surface area contributed by atoms with E-state index in [2.05, 4.69) is 18.1 Å². The molecule has 43 valence electrons. The topological polar surface area (TPSA) is 17.8 Å². The zero-order chi connectivity index (χ0) is 5.98. The van der Waals surface area contributed by atoms with Crippen LogP contribution >= 0.6 is 0 Å². The maximum atomic E-state index is 4.09. The summed E-state index contributed by atoms with van der Waals surface area (Å²) in [6.45, 7) is 2.07. The molecule has 1 radical (unpaired) electrons. The molecule has 0 aliphatic carbocycles. The number of rotatable bonds is 1. The van der Waals surface area contributed by atoms with Gasteiger partial charge in [-0.05, 0) is 6.42 Å². The van der Waals surface area contributed by atoms with E-state index in [0.717, 1.165) is 12.1 Å². The molecule has 0 aliphatic heterocycles.